The summed E-state index contributed by atoms with van der Waals surface area (Å²) in [5.74, 6) is 0. The molecular weight excluding hydrogens is 218 g/mol. The Morgan fingerprint density at radius 1 is 1.38 bits per heavy atom. The molecular formula is C12H17N3S. The number of nitrogens with zero attached hydrogens (tertiary/aromatic N) is 2. The van der Waals surface area contributed by atoms with Crippen molar-refractivity contribution in [3.05, 3.63) is 23.7 Å². The van der Waals surface area contributed by atoms with Crippen LogP contribution in [0.1, 0.15) is 6.42 Å². The Bertz CT molecular complexity index is 450. The summed E-state index contributed by atoms with van der Waals surface area (Å²) in [6.45, 7) is 2.12. The first-order valence-electron chi connectivity index (χ1n) is 5.48. The second-order valence-electron chi connectivity index (χ2n) is 4.08. The number of hydrogen-bond acceptors (Lipinski definition) is 4. The number of fused-ring (bicyclic) bond motifs is 1. The summed E-state index contributed by atoms with van der Waals surface area (Å²) in [7, 11) is 4.20. The first-order valence-corrected chi connectivity index (χ1v) is 6.36. The first kappa shape index (κ1) is 11.4. The average molecular weight is 235 g/mol. The molecule has 0 aromatic carbocycles. The molecule has 0 spiro atoms. The standard InChI is InChI=1S/C12H17N3S/c1-15(2)8-3-6-13-11-4-7-14-12-10(11)5-9-16-12/h4-5,7,9H,3,6,8H2,1-2H3,(H,13,14). The molecule has 16 heavy (non-hydrogen) atoms. The van der Waals surface area contributed by atoms with Gasteiger partial charge in [0.25, 0.3) is 0 Å². The van der Waals surface area contributed by atoms with Crippen molar-refractivity contribution < 1.29 is 0 Å². The van der Waals surface area contributed by atoms with Crippen molar-refractivity contribution >= 4 is 27.2 Å². The van der Waals surface area contributed by atoms with Gasteiger partial charge in [0.05, 0.1) is 0 Å². The van der Waals surface area contributed by atoms with E-state index in [1.807, 2.05) is 12.3 Å². The van der Waals surface area contributed by atoms with Gasteiger partial charge in [-0.1, -0.05) is 0 Å². The van der Waals surface area contributed by atoms with E-state index in [0.29, 0.717) is 0 Å². The van der Waals surface area contributed by atoms with Crippen molar-refractivity contribution in [1.29, 1.82) is 0 Å². The summed E-state index contributed by atoms with van der Waals surface area (Å²) in [6, 6.07) is 4.17. The highest BCUT2D eigenvalue weighted by Crippen LogP contribution is 2.25. The lowest BCUT2D eigenvalue weighted by Gasteiger charge is -2.11. The molecule has 4 heteroatoms. The van der Waals surface area contributed by atoms with Gasteiger partial charge in [0.2, 0.25) is 0 Å². The quantitative estimate of drug-likeness (QED) is 0.808. The van der Waals surface area contributed by atoms with Crippen LogP contribution in [0.2, 0.25) is 0 Å². The topological polar surface area (TPSA) is 28.2 Å². The molecule has 0 fully saturated rings. The van der Waals surface area contributed by atoms with Crippen molar-refractivity contribution in [3.63, 3.8) is 0 Å². The third-order valence-corrected chi connectivity index (χ3v) is 3.29. The second-order valence-corrected chi connectivity index (χ2v) is 4.98. The number of pyridine rings is 1. The van der Waals surface area contributed by atoms with Crippen molar-refractivity contribution in [2.24, 2.45) is 0 Å². The highest BCUT2D eigenvalue weighted by molar-refractivity contribution is 7.16. The van der Waals surface area contributed by atoms with Crippen LogP contribution < -0.4 is 5.32 Å². The van der Waals surface area contributed by atoms with Crippen molar-refractivity contribution in [3.8, 4) is 0 Å². The maximum atomic E-state index is 4.33. The van der Waals surface area contributed by atoms with E-state index in [4.69, 9.17) is 0 Å². The molecule has 2 rings (SSSR count). The summed E-state index contributed by atoms with van der Waals surface area (Å²) >= 11 is 1.69. The van der Waals surface area contributed by atoms with Crippen LogP contribution in [0.5, 0.6) is 0 Å². The number of rotatable bonds is 5. The Balaban J connectivity index is 1.96. The zero-order valence-corrected chi connectivity index (χ0v) is 10.5. The Morgan fingerprint density at radius 3 is 3.06 bits per heavy atom. The molecule has 0 atom stereocenters. The highest BCUT2D eigenvalue weighted by atomic mass is 32.1. The van der Waals surface area contributed by atoms with Crippen molar-refractivity contribution in [1.82, 2.24) is 9.88 Å². The number of anilines is 1. The maximum Gasteiger partial charge on any atom is 0.125 e. The molecule has 2 heterocycles. The highest BCUT2D eigenvalue weighted by Gasteiger charge is 2.01. The van der Waals surface area contributed by atoms with E-state index >= 15 is 0 Å². The number of thiophene rings is 1. The number of nitrogens with one attached hydrogen (secondary N) is 1. The van der Waals surface area contributed by atoms with E-state index in [0.717, 1.165) is 24.3 Å². The van der Waals surface area contributed by atoms with Crippen LogP contribution in [0.4, 0.5) is 5.69 Å². The van der Waals surface area contributed by atoms with Gasteiger partial charge in [0, 0.05) is 23.8 Å². The molecule has 0 amide bonds. The first-order chi connectivity index (χ1) is 7.77. The van der Waals surface area contributed by atoms with Crippen molar-refractivity contribution in [2.45, 2.75) is 6.42 Å². The average Bonchev–Trinajstić information content (AvgIpc) is 2.72. The summed E-state index contributed by atoms with van der Waals surface area (Å²) in [5.41, 5.74) is 1.20. The predicted octanol–water partition coefficient (Wildman–Crippen LogP) is 2.66. The number of aromatic nitrogens is 1. The molecule has 2 aromatic rings. The van der Waals surface area contributed by atoms with E-state index in [2.05, 4.69) is 40.7 Å². The van der Waals surface area contributed by atoms with Crippen LogP contribution in [-0.4, -0.2) is 37.1 Å². The molecule has 86 valence electrons. The fourth-order valence-electron chi connectivity index (χ4n) is 1.65. The summed E-state index contributed by atoms with van der Waals surface area (Å²) in [6.07, 6.45) is 3.02. The van der Waals surface area contributed by atoms with Gasteiger partial charge < -0.3 is 10.2 Å². The zero-order valence-electron chi connectivity index (χ0n) is 9.73. The van der Waals surface area contributed by atoms with E-state index in [1.54, 1.807) is 11.3 Å². The molecule has 0 unspecified atom stereocenters. The van der Waals surface area contributed by atoms with Gasteiger partial charge in [-0.25, -0.2) is 4.98 Å². The second kappa shape index (κ2) is 5.27. The van der Waals surface area contributed by atoms with E-state index < -0.39 is 0 Å². The van der Waals surface area contributed by atoms with Crippen molar-refractivity contribution in [2.75, 3.05) is 32.5 Å². The minimum atomic E-state index is 1.01. The van der Waals surface area contributed by atoms with Crippen LogP contribution in [0, 0.1) is 0 Å². The zero-order chi connectivity index (χ0) is 11.4. The molecule has 0 aliphatic rings. The molecule has 0 saturated carbocycles. The summed E-state index contributed by atoms with van der Waals surface area (Å²) < 4.78 is 0. The van der Waals surface area contributed by atoms with Gasteiger partial charge in [-0.05, 0) is 44.6 Å². The van der Waals surface area contributed by atoms with Gasteiger partial charge >= 0.3 is 0 Å². The smallest absolute Gasteiger partial charge is 0.125 e. The fraction of sp³-hybridized carbons (Fsp3) is 0.417. The van der Waals surface area contributed by atoms with E-state index in [-0.39, 0.29) is 0 Å². The Morgan fingerprint density at radius 2 is 2.25 bits per heavy atom. The van der Waals surface area contributed by atoms with E-state index in [1.165, 1.54) is 11.1 Å². The molecule has 0 bridgehead atoms. The summed E-state index contributed by atoms with van der Waals surface area (Å²) in [5, 5.41) is 6.79. The minimum Gasteiger partial charge on any atom is -0.384 e. The lowest BCUT2D eigenvalue weighted by atomic mass is 10.3. The molecule has 0 saturated heterocycles. The molecule has 1 N–H and O–H groups in total. The Labute approximate surface area is 100 Å². The van der Waals surface area contributed by atoms with Gasteiger partial charge in [0.1, 0.15) is 4.83 Å². The van der Waals surface area contributed by atoms with E-state index in [9.17, 15) is 0 Å². The maximum absolute atomic E-state index is 4.33. The van der Waals surface area contributed by atoms with Crippen LogP contribution in [0.3, 0.4) is 0 Å². The van der Waals surface area contributed by atoms with Gasteiger partial charge in [0.15, 0.2) is 0 Å². The van der Waals surface area contributed by atoms with Gasteiger partial charge in [-0.3, -0.25) is 0 Å². The minimum absolute atomic E-state index is 1.01. The van der Waals surface area contributed by atoms with Crippen LogP contribution in [0.15, 0.2) is 23.7 Å². The summed E-state index contributed by atoms with van der Waals surface area (Å²) in [4.78, 5) is 7.64. The Kier molecular flexibility index (Phi) is 3.74. The monoisotopic (exact) mass is 235 g/mol. The lowest BCUT2D eigenvalue weighted by molar-refractivity contribution is 0.405. The third-order valence-electron chi connectivity index (χ3n) is 2.47. The van der Waals surface area contributed by atoms with Gasteiger partial charge in [-0.2, -0.15) is 0 Å². The molecule has 0 aliphatic carbocycles. The SMILES string of the molecule is CN(C)CCCNc1ccnc2sccc12. The molecule has 0 aliphatic heterocycles. The van der Waals surface area contributed by atoms with Crippen LogP contribution >= 0.6 is 11.3 Å². The Hall–Kier alpha value is -1.13. The van der Waals surface area contributed by atoms with Crippen LogP contribution in [-0.2, 0) is 0 Å². The number of hydrogen-bond donors (Lipinski definition) is 1. The molecule has 3 nitrogen and oxygen atoms in total. The lowest BCUT2D eigenvalue weighted by Crippen LogP contribution is -2.16. The normalized spacial score (nSPS) is 11.2. The fourth-order valence-corrected chi connectivity index (χ4v) is 2.41. The largest absolute Gasteiger partial charge is 0.384 e. The van der Waals surface area contributed by atoms with Gasteiger partial charge in [-0.15, -0.1) is 11.3 Å². The molecule has 0 radical (unpaired) electrons. The predicted molar refractivity (Wildman–Crippen MR) is 71.3 cm³/mol. The molecule has 2 aromatic heterocycles. The third kappa shape index (κ3) is 2.71. The van der Waals surface area contributed by atoms with Crippen LogP contribution in [0.25, 0.3) is 10.2 Å².